The molecule has 7 heteroatoms. The van der Waals surface area contributed by atoms with E-state index in [0.29, 0.717) is 16.1 Å². The third-order valence-corrected chi connectivity index (χ3v) is 5.98. The second-order valence-electron chi connectivity index (χ2n) is 6.23. The van der Waals surface area contributed by atoms with Gasteiger partial charge in [-0.2, -0.15) is 0 Å². The summed E-state index contributed by atoms with van der Waals surface area (Å²) in [5, 5.41) is 5.01. The van der Waals surface area contributed by atoms with Gasteiger partial charge in [0, 0.05) is 15.8 Å². The number of halogens is 1. The monoisotopic (exact) mass is 429 g/mol. The molecule has 0 aliphatic carbocycles. The number of hydrogen-bond acceptors (Lipinski definition) is 5. The van der Waals surface area contributed by atoms with Gasteiger partial charge in [0.25, 0.3) is 0 Å². The van der Waals surface area contributed by atoms with Crippen LogP contribution in [0, 0.1) is 12.7 Å². The number of anilines is 1. The first-order chi connectivity index (χ1) is 14.0. The summed E-state index contributed by atoms with van der Waals surface area (Å²) in [5.41, 5.74) is 2.73. The molecule has 0 fully saturated rings. The van der Waals surface area contributed by atoms with E-state index in [1.807, 2.05) is 31.2 Å². The molecular formula is C22H20FNO3S2. The zero-order chi connectivity index (χ0) is 20.8. The molecule has 29 heavy (non-hydrogen) atoms. The minimum absolute atomic E-state index is 0.214. The van der Waals surface area contributed by atoms with Crippen molar-refractivity contribution in [3.8, 4) is 11.1 Å². The minimum Gasteiger partial charge on any atom is -0.462 e. The molecule has 0 spiro atoms. The van der Waals surface area contributed by atoms with Gasteiger partial charge in [-0.05, 0) is 43.7 Å². The van der Waals surface area contributed by atoms with E-state index in [1.54, 1.807) is 24.4 Å². The van der Waals surface area contributed by atoms with E-state index in [4.69, 9.17) is 4.74 Å². The number of aryl methyl sites for hydroxylation is 1. The number of ether oxygens (including phenoxy) is 1. The Bertz CT molecular complexity index is 998. The fourth-order valence-electron chi connectivity index (χ4n) is 2.64. The van der Waals surface area contributed by atoms with Crippen molar-refractivity contribution in [3.63, 3.8) is 0 Å². The lowest BCUT2D eigenvalue weighted by Crippen LogP contribution is -2.16. The number of nitrogens with one attached hydrogen (secondary N) is 1. The Morgan fingerprint density at radius 1 is 1.10 bits per heavy atom. The molecule has 0 unspecified atom stereocenters. The normalized spacial score (nSPS) is 10.6. The topological polar surface area (TPSA) is 55.4 Å². The Morgan fingerprint density at radius 2 is 1.79 bits per heavy atom. The van der Waals surface area contributed by atoms with E-state index in [-0.39, 0.29) is 29.6 Å². The maximum atomic E-state index is 13.3. The SMILES string of the molecule is CCOC(=O)c1c(-c2ccc(F)cc2)csc1NC(=O)CSc1ccc(C)cc1. The molecule has 150 valence electrons. The molecule has 0 atom stereocenters. The van der Waals surface area contributed by atoms with Crippen molar-refractivity contribution in [2.75, 3.05) is 17.7 Å². The summed E-state index contributed by atoms with van der Waals surface area (Å²) in [6.07, 6.45) is 0. The lowest BCUT2D eigenvalue weighted by atomic mass is 10.0. The summed E-state index contributed by atoms with van der Waals surface area (Å²) in [6, 6.07) is 13.8. The van der Waals surface area contributed by atoms with Crippen LogP contribution in [0.25, 0.3) is 11.1 Å². The molecule has 4 nitrogen and oxygen atoms in total. The molecular weight excluding hydrogens is 409 g/mol. The van der Waals surface area contributed by atoms with Gasteiger partial charge in [0.15, 0.2) is 0 Å². The van der Waals surface area contributed by atoms with Gasteiger partial charge in [-0.25, -0.2) is 9.18 Å². The first-order valence-corrected chi connectivity index (χ1v) is 10.9. The summed E-state index contributed by atoms with van der Waals surface area (Å²) in [7, 11) is 0. The molecule has 1 aromatic heterocycles. The zero-order valence-electron chi connectivity index (χ0n) is 16.0. The smallest absolute Gasteiger partial charge is 0.341 e. The highest BCUT2D eigenvalue weighted by atomic mass is 32.2. The molecule has 0 aliphatic rings. The molecule has 2 aromatic carbocycles. The van der Waals surface area contributed by atoms with Crippen molar-refractivity contribution in [2.24, 2.45) is 0 Å². The second kappa shape index (κ2) is 9.71. The number of thiophene rings is 1. The molecule has 1 heterocycles. The summed E-state index contributed by atoms with van der Waals surface area (Å²) in [6.45, 7) is 3.94. The zero-order valence-corrected chi connectivity index (χ0v) is 17.7. The van der Waals surface area contributed by atoms with Gasteiger partial charge in [-0.3, -0.25) is 4.79 Å². The van der Waals surface area contributed by atoms with Crippen molar-refractivity contribution in [3.05, 3.63) is 70.9 Å². The van der Waals surface area contributed by atoms with Crippen LogP contribution >= 0.6 is 23.1 Å². The van der Waals surface area contributed by atoms with E-state index in [1.165, 1.54) is 35.2 Å². The van der Waals surface area contributed by atoms with Crippen LogP contribution < -0.4 is 5.32 Å². The summed E-state index contributed by atoms with van der Waals surface area (Å²) in [4.78, 5) is 26.0. The Hall–Kier alpha value is -2.64. The van der Waals surface area contributed by atoms with Gasteiger partial charge >= 0.3 is 5.97 Å². The molecule has 0 bridgehead atoms. The Balaban J connectivity index is 1.78. The van der Waals surface area contributed by atoms with Gasteiger partial charge < -0.3 is 10.1 Å². The van der Waals surface area contributed by atoms with Crippen LogP contribution in [0.5, 0.6) is 0 Å². The highest BCUT2D eigenvalue weighted by molar-refractivity contribution is 8.00. The van der Waals surface area contributed by atoms with E-state index in [0.717, 1.165) is 10.5 Å². The van der Waals surface area contributed by atoms with Crippen molar-refractivity contribution in [1.29, 1.82) is 0 Å². The van der Waals surface area contributed by atoms with Gasteiger partial charge in [-0.15, -0.1) is 23.1 Å². The maximum Gasteiger partial charge on any atom is 0.341 e. The van der Waals surface area contributed by atoms with Crippen molar-refractivity contribution >= 4 is 40.0 Å². The molecule has 1 amide bonds. The maximum absolute atomic E-state index is 13.3. The summed E-state index contributed by atoms with van der Waals surface area (Å²) in [5.74, 6) is -0.874. The lowest BCUT2D eigenvalue weighted by Gasteiger charge is -2.09. The fraction of sp³-hybridized carbons (Fsp3) is 0.182. The number of hydrogen-bond donors (Lipinski definition) is 1. The van der Waals surface area contributed by atoms with Crippen molar-refractivity contribution < 1.29 is 18.7 Å². The third-order valence-electron chi connectivity index (χ3n) is 4.07. The van der Waals surface area contributed by atoms with Gasteiger partial charge in [0.05, 0.1) is 12.4 Å². The largest absolute Gasteiger partial charge is 0.462 e. The molecule has 0 radical (unpaired) electrons. The van der Waals surface area contributed by atoms with Gasteiger partial charge in [-0.1, -0.05) is 29.8 Å². The predicted octanol–water partition coefficient (Wildman–Crippen LogP) is 5.77. The van der Waals surface area contributed by atoms with E-state index in [2.05, 4.69) is 5.32 Å². The highest BCUT2D eigenvalue weighted by Crippen LogP contribution is 2.36. The van der Waals surface area contributed by atoms with Crippen molar-refractivity contribution in [2.45, 2.75) is 18.7 Å². The quantitative estimate of drug-likeness (QED) is 0.383. The number of carbonyl (C=O) groups is 2. The van der Waals surface area contributed by atoms with Crippen LogP contribution in [-0.4, -0.2) is 24.2 Å². The van der Waals surface area contributed by atoms with Gasteiger partial charge in [0.2, 0.25) is 5.91 Å². The van der Waals surface area contributed by atoms with E-state index in [9.17, 15) is 14.0 Å². The van der Waals surface area contributed by atoms with Crippen LogP contribution in [0.4, 0.5) is 9.39 Å². The molecule has 1 N–H and O–H groups in total. The second-order valence-corrected chi connectivity index (χ2v) is 8.16. The number of rotatable bonds is 7. The number of amides is 1. The number of esters is 1. The average Bonchev–Trinajstić information content (AvgIpc) is 3.12. The third kappa shape index (κ3) is 5.46. The number of benzene rings is 2. The Kier molecular flexibility index (Phi) is 7.06. The molecule has 0 saturated heterocycles. The number of thioether (sulfide) groups is 1. The summed E-state index contributed by atoms with van der Waals surface area (Å²) >= 11 is 2.67. The lowest BCUT2D eigenvalue weighted by molar-refractivity contribution is -0.113. The molecule has 3 rings (SSSR count). The predicted molar refractivity (Wildman–Crippen MR) is 116 cm³/mol. The van der Waals surface area contributed by atoms with E-state index >= 15 is 0 Å². The number of carbonyl (C=O) groups excluding carboxylic acids is 2. The molecule has 0 saturated carbocycles. The fourth-order valence-corrected chi connectivity index (χ4v) is 4.32. The first-order valence-electron chi connectivity index (χ1n) is 9.01. The van der Waals surface area contributed by atoms with Crippen LogP contribution in [0.1, 0.15) is 22.8 Å². The highest BCUT2D eigenvalue weighted by Gasteiger charge is 2.22. The molecule has 0 aliphatic heterocycles. The average molecular weight is 430 g/mol. The van der Waals surface area contributed by atoms with Crippen LogP contribution in [0.3, 0.4) is 0 Å². The standard InChI is InChI=1S/C22H20FNO3S2/c1-3-27-22(26)20-18(15-6-8-16(23)9-7-15)12-29-21(20)24-19(25)13-28-17-10-4-14(2)5-11-17/h4-12H,3,13H2,1-2H3,(H,24,25). The van der Waals surface area contributed by atoms with Crippen molar-refractivity contribution in [1.82, 2.24) is 0 Å². The minimum atomic E-state index is -0.519. The summed E-state index contributed by atoms with van der Waals surface area (Å²) < 4.78 is 18.4. The van der Waals surface area contributed by atoms with Crippen LogP contribution in [0.15, 0.2) is 58.8 Å². The van der Waals surface area contributed by atoms with Gasteiger partial charge in [0.1, 0.15) is 16.4 Å². The molecule has 3 aromatic rings. The Morgan fingerprint density at radius 3 is 2.45 bits per heavy atom. The van der Waals surface area contributed by atoms with E-state index < -0.39 is 5.97 Å². The Labute approximate surface area is 177 Å². The van der Waals surface area contributed by atoms with Crippen LogP contribution in [-0.2, 0) is 9.53 Å². The van der Waals surface area contributed by atoms with Crippen LogP contribution in [0.2, 0.25) is 0 Å². The first kappa shape index (κ1) is 21.1.